The van der Waals surface area contributed by atoms with E-state index in [1.165, 1.54) is 12.8 Å². The third kappa shape index (κ3) is 5.11. The van der Waals surface area contributed by atoms with Gasteiger partial charge in [0, 0.05) is 11.7 Å². The molecule has 0 saturated heterocycles. The summed E-state index contributed by atoms with van der Waals surface area (Å²) in [5, 5.41) is 6.35. The number of amides is 1. The van der Waals surface area contributed by atoms with Crippen molar-refractivity contribution in [2.75, 3.05) is 0 Å². The van der Waals surface area contributed by atoms with Gasteiger partial charge < -0.3 is 10.6 Å². The second kappa shape index (κ2) is 6.81. The van der Waals surface area contributed by atoms with E-state index in [1.54, 1.807) is 0 Å². The Morgan fingerprint density at radius 2 is 1.89 bits per heavy atom. The maximum atomic E-state index is 12.2. The summed E-state index contributed by atoms with van der Waals surface area (Å²) in [4.78, 5) is 12.2. The zero-order chi connectivity index (χ0) is 13.7. The highest BCUT2D eigenvalue weighted by molar-refractivity contribution is 5.82. The molecule has 18 heavy (non-hydrogen) atoms. The minimum Gasteiger partial charge on any atom is -0.377 e. The SMILES string of the molecule is C=C(CC)NC(C(=O)NC(C)CC1CC1)C(C)C. The predicted molar refractivity (Wildman–Crippen MR) is 76.1 cm³/mol. The largest absolute Gasteiger partial charge is 0.377 e. The number of nitrogens with one attached hydrogen (secondary N) is 2. The van der Waals surface area contributed by atoms with E-state index in [1.807, 2.05) is 6.92 Å². The Bertz CT molecular complexity index is 295. The van der Waals surface area contributed by atoms with Crippen molar-refractivity contribution in [2.45, 2.75) is 65.5 Å². The normalized spacial score (nSPS) is 18.3. The molecular formula is C15H28N2O. The van der Waals surface area contributed by atoms with Crippen LogP contribution in [0.5, 0.6) is 0 Å². The van der Waals surface area contributed by atoms with Crippen molar-refractivity contribution in [1.29, 1.82) is 0 Å². The summed E-state index contributed by atoms with van der Waals surface area (Å²) < 4.78 is 0. The fraction of sp³-hybridized carbons (Fsp3) is 0.800. The van der Waals surface area contributed by atoms with Crippen LogP contribution in [0, 0.1) is 11.8 Å². The van der Waals surface area contributed by atoms with Crippen LogP contribution in [0.1, 0.15) is 53.4 Å². The van der Waals surface area contributed by atoms with Gasteiger partial charge in [0.25, 0.3) is 0 Å². The van der Waals surface area contributed by atoms with Gasteiger partial charge in [-0.05, 0) is 31.6 Å². The molecule has 0 aromatic rings. The first-order valence-electron chi connectivity index (χ1n) is 7.18. The highest BCUT2D eigenvalue weighted by Gasteiger charge is 2.27. The van der Waals surface area contributed by atoms with Crippen LogP contribution in [0.4, 0.5) is 0 Å². The summed E-state index contributed by atoms with van der Waals surface area (Å²) >= 11 is 0. The van der Waals surface area contributed by atoms with Crippen LogP contribution in [0.3, 0.4) is 0 Å². The molecule has 0 spiro atoms. The lowest BCUT2D eigenvalue weighted by molar-refractivity contribution is -0.124. The Kier molecular flexibility index (Phi) is 5.70. The van der Waals surface area contributed by atoms with Crippen molar-refractivity contribution in [3.8, 4) is 0 Å². The molecule has 1 rings (SSSR count). The molecule has 1 amide bonds. The van der Waals surface area contributed by atoms with Crippen molar-refractivity contribution in [1.82, 2.24) is 10.6 Å². The topological polar surface area (TPSA) is 41.1 Å². The molecule has 0 aliphatic heterocycles. The van der Waals surface area contributed by atoms with E-state index >= 15 is 0 Å². The third-order valence-corrected chi connectivity index (χ3v) is 3.51. The molecule has 2 unspecified atom stereocenters. The molecule has 1 aliphatic rings. The van der Waals surface area contributed by atoms with Gasteiger partial charge >= 0.3 is 0 Å². The van der Waals surface area contributed by atoms with E-state index in [9.17, 15) is 4.79 Å². The Morgan fingerprint density at radius 1 is 1.28 bits per heavy atom. The Balaban J connectivity index is 2.44. The molecule has 3 nitrogen and oxygen atoms in total. The van der Waals surface area contributed by atoms with E-state index in [4.69, 9.17) is 0 Å². The van der Waals surface area contributed by atoms with Crippen molar-refractivity contribution in [3.63, 3.8) is 0 Å². The monoisotopic (exact) mass is 252 g/mol. The van der Waals surface area contributed by atoms with Crippen molar-refractivity contribution < 1.29 is 4.79 Å². The summed E-state index contributed by atoms with van der Waals surface area (Å²) in [5.74, 6) is 1.21. The quantitative estimate of drug-likeness (QED) is 0.697. The van der Waals surface area contributed by atoms with Crippen LogP contribution in [0.25, 0.3) is 0 Å². The fourth-order valence-electron chi connectivity index (χ4n) is 2.10. The minimum atomic E-state index is -0.167. The third-order valence-electron chi connectivity index (χ3n) is 3.51. The summed E-state index contributed by atoms with van der Waals surface area (Å²) in [6, 6.07) is 0.113. The van der Waals surface area contributed by atoms with Crippen LogP contribution >= 0.6 is 0 Å². The van der Waals surface area contributed by atoms with Gasteiger partial charge in [0.05, 0.1) is 0 Å². The van der Waals surface area contributed by atoms with E-state index < -0.39 is 0 Å². The van der Waals surface area contributed by atoms with Gasteiger partial charge in [-0.1, -0.05) is 40.2 Å². The molecule has 3 heteroatoms. The Hall–Kier alpha value is -0.990. The lowest BCUT2D eigenvalue weighted by Crippen LogP contribution is -2.49. The number of carbonyl (C=O) groups excluding carboxylic acids is 1. The second-order valence-electron chi connectivity index (χ2n) is 5.91. The number of rotatable bonds is 8. The van der Waals surface area contributed by atoms with Gasteiger partial charge in [-0.2, -0.15) is 0 Å². The average Bonchev–Trinajstić information content (AvgIpc) is 3.08. The molecule has 2 N–H and O–H groups in total. The van der Waals surface area contributed by atoms with Gasteiger partial charge in [0.2, 0.25) is 5.91 Å². The van der Waals surface area contributed by atoms with Crippen molar-refractivity contribution >= 4 is 5.91 Å². The Labute approximate surface area is 111 Å². The maximum absolute atomic E-state index is 12.2. The second-order valence-corrected chi connectivity index (χ2v) is 5.91. The molecule has 0 heterocycles. The fourth-order valence-corrected chi connectivity index (χ4v) is 2.10. The van der Waals surface area contributed by atoms with Crippen molar-refractivity contribution in [3.05, 3.63) is 12.3 Å². The predicted octanol–water partition coefficient (Wildman–Crippen LogP) is 2.83. The maximum Gasteiger partial charge on any atom is 0.242 e. The molecule has 0 radical (unpaired) electrons. The lowest BCUT2D eigenvalue weighted by atomic mass is 10.0. The molecule has 1 fully saturated rings. The van der Waals surface area contributed by atoms with Gasteiger partial charge in [-0.3, -0.25) is 4.79 Å². The molecule has 1 aliphatic carbocycles. The van der Waals surface area contributed by atoms with E-state index in [-0.39, 0.29) is 23.9 Å². The standard InChI is InChI=1S/C15H28N2O/c1-6-11(4)16-14(10(2)3)15(18)17-12(5)9-13-7-8-13/h10,12-14,16H,4,6-9H2,1-3,5H3,(H,17,18). The van der Waals surface area contributed by atoms with Gasteiger partial charge in [-0.15, -0.1) is 0 Å². The number of carbonyl (C=O) groups is 1. The van der Waals surface area contributed by atoms with Crippen LogP contribution in [0.2, 0.25) is 0 Å². The summed E-state index contributed by atoms with van der Waals surface area (Å²) in [7, 11) is 0. The van der Waals surface area contributed by atoms with Crippen LogP contribution in [0.15, 0.2) is 12.3 Å². The molecule has 1 saturated carbocycles. The molecule has 104 valence electrons. The number of hydrogen-bond acceptors (Lipinski definition) is 2. The van der Waals surface area contributed by atoms with Crippen LogP contribution in [-0.2, 0) is 4.79 Å². The molecule has 0 bridgehead atoms. The first-order chi connectivity index (χ1) is 8.43. The average molecular weight is 252 g/mol. The molecule has 0 aromatic carbocycles. The summed E-state index contributed by atoms with van der Waals surface area (Å²) in [6.07, 6.45) is 4.64. The summed E-state index contributed by atoms with van der Waals surface area (Å²) in [5.41, 5.74) is 0.929. The lowest BCUT2D eigenvalue weighted by Gasteiger charge is -2.25. The number of allylic oxidation sites excluding steroid dienone is 1. The van der Waals surface area contributed by atoms with Gasteiger partial charge in [0.1, 0.15) is 6.04 Å². The van der Waals surface area contributed by atoms with Gasteiger partial charge in [-0.25, -0.2) is 0 Å². The van der Waals surface area contributed by atoms with Crippen LogP contribution in [-0.4, -0.2) is 18.0 Å². The van der Waals surface area contributed by atoms with E-state index in [2.05, 4.69) is 38.0 Å². The minimum absolute atomic E-state index is 0.104. The smallest absolute Gasteiger partial charge is 0.242 e. The highest BCUT2D eigenvalue weighted by atomic mass is 16.2. The van der Waals surface area contributed by atoms with E-state index in [0.29, 0.717) is 0 Å². The highest BCUT2D eigenvalue weighted by Crippen LogP contribution is 2.33. The molecule has 2 atom stereocenters. The number of hydrogen-bond donors (Lipinski definition) is 2. The van der Waals surface area contributed by atoms with E-state index in [0.717, 1.165) is 24.5 Å². The van der Waals surface area contributed by atoms with Gasteiger partial charge in [0.15, 0.2) is 0 Å². The molecular weight excluding hydrogens is 224 g/mol. The molecule has 0 aromatic heterocycles. The first-order valence-corrected chi connectivity index (χ1v) is 7.18. The zero-order valence-electron chi connectivity index (χ0n) is 12.3. The van der Waals surface area contributed by atoms with Crippen LogP contribution < -0.4 is 10.6 Å². The Morgan fingerprint density at radius 3 is 2.33 bits per heavy atom. The first kappa shape index (κ1) is 15.1. The zero-order valence-corrected chi connectivity index (χ0v) is 12.3. The van der Waals surface area contributed by atoms with Crippen molar-refractivity contribution in [2.24, 2.45) is 11.8 Å². The summed E-state index contributed by atoms with van der Waals surface area (Å²) in [6.45, 7) is 12.2.